The zero-order chi connectivity index (χ0) is 15.3. The van der Waals surface area contributed by atoms with Crippen LogP contribution < -0.4 is 0 Å². The van der Waals surface area contributed by atoms with E-state index < -0.39 is 0 Å². The fourth-order valence-electron chi connectivity index (χ4n) is 3.01. The number of carbonyl (C=O) groups excluding carboxylic acids is 1. The van der Waals surface area contributed by atoms with Crippen LogP contribution in [0.5, 0.6) is 0 Å². The summed E-state index contributed by atoms with van der Waals surface area (Å²) in [6.45, 7) is 2.90. The normalized spacial score (nSPS) is 20.6. The second kappa shape index (κ2) is 7.04. The topological polar surface area (TPSA) is 48.3 Å². The molecular formula is C16H26N4O. The van der Waals surface area contributed by atoms with E-state index >= 15 is 0 Å². The summed E-state index contributed by atoms with van der Waals surface area (Å²) in [5, 5.41) is 8.17. The monoisotopic (exact) mass is 290 g/mol. The SMILES string of the molecule is C#CCCC1(CCC(=O)N2CCC(CN(C)C)CC2)N=N1. The standard InChI is InChI=1S/C16H26N4O/c1-4-5-9-16(17-18-16)10-6-15(21)20-11-7-14(8-12-20)13-19(2)3/h1,14H,5-13H2,2-3H3. The van der Waals surface area contributed by atoms with Crippen molar-refractivity contribution in [1.82, 2.24) is 9.80 Å². The Balaban J connectivity index is 1.67. The van der Waals surface area contributed by atoms with Gasteiger partial charge in [0.1, 0.15) is 0 Å². The molecule has 21 heavy (non-hydrogen) atoms. The maximum Gasteiger partial charge on any atom is 0.222 e. The number of likely N-dealkylation sites (tertiary alicyclic amines) is 1. The highest BCUT2D eigenvalue weighted by atomic mass is 16.2. The van der Waals surface area contributed by atoms with Crippen molar-refractivity contribution in [2.24, 2.45) is 16.1 Å². The van der Waals surface area contributed by atoms with Crippen LogP contribution in [-0.4, -0.2) is 55.1 Å². The highest BCUT2D eigenvalue weighted by molar-refractivity contribution is 5.76. The zero-order valence-electron chi connectivity index (χ0n) is 13.2. The highest BCUT2D eigenvalue weighted by Gasteiger charge is 2.39. The number of terminal acetylenes is 1. The maximum atomic E-state index is 12.3. The third kappa shape index (κ3) is 4.82. The highest BCUT2D eigenvalue weighted by Crippen LogP contribution is 2.37. The Kier molecular flexibility index (Phi) is 5.35. The smallest absolute Gasteiger partial charge is 0.222 e. The summed E-state index contributed by atoms with van der Waals surface area (Å²) in [6.07, 6.45) is 10.2. The van der Waals surface area contributed by atoms with Gasteiger partial charge in [-0.1, -0.05) is 0 Å². The van der Waals surface area contributed by atoms with Gasteiger partial charge in [-0.25, -0.2) is 0 Å². The minimum atomic E-state index is -0.328. The van der Waals surface area contributed by atoms with E-state index in [9.17, 15) is 4.79 Å². The van der Waals surface area contributed by atoms with E-state index in [1.54, 1.807) is 0 Å². The molecule has 0 N–H and O–H groups in total. The Morgan fingerprint density at radius 1 is 1.33 bits per heavy atom. The van der Waals surface area contributed by atoms with Gasteiger partial charge in [-0.2, -0.15) is 10.2 Å². The van der Waals surface area contributed by atoms with Crippen LogP contribution in [0, 0.1) is 18.3 Å². The third-order valence-corrected chi connectivity index (χ3v) is 4.38. The molecule has 0 spiro atoms. The summed E-state index contributed by atoms with van der Waals surface area (Å²) in [5.74, 6) is 3.58. The summed E-state index contributed by atoms with van der Waals surface area (Å²) in [5.41, 5.74) is -0.328. The van der Waals surface area contributed by atoms with Gasteiger partial charge in [-0.05, 0) is 32.9 Å². The van der Waals surface area contributed by atoms with Crippen LogP contribution in [0.1, 0.15) is 38.5 Å². The second-order valence-electron chi connectivity index (χ2n) is 6.47. The fraction of sp³-hybridized carbons (Fsp3) is 0.812. The molecule has 0 radical (unpaired) electrons. The average Bonchev–Trinajstić information content (AvgIpc) is 3.23. The molecule has 0 saturated carbocycles. The summed E-state index contributed by atoms with van der Waals surface area (Å²) >= 11 is 0. The third-order valence-electron chi connectivity index (χ3n) is 4.38. The van der Waals surface area contributed by atoms with Crippen molar-refractivity contribution >= 4 is 5.91 Å². The summed E-state index contributed by atoms with van der Waals surface area (Å²) in [7, 11) is 4.21. The lowest BCUT2D eigenvalue weighted by molar-refractivity contribution is -0.132. The summed E-state index contributed by atoms with van der Waals surface area (Å²) < 4.78 is 0. The van der Waals surface area contributed by atoms with E-state index in [1.165, 1.54) is 0 Å². The molecule has 0 unspecified atom stereocenters. The number of piperidine rings is 1. The molecule has 5 nitrogen and oxygen atoms in total. The summed E-state index contributed by atoms with van der Waals surface area (Å²) in [4.78, 5) is 16.5. The van der Waals surface area contributed by atoms with Crippen molar-refractivity contribution in [3.05, 3.63) is 0 Å². The Hall–Kier alpha value is -1.41. The van der Waals surface area contributed by atoms with Gasteiger partial charge in [0, 0.05) is 45.3 Å². The van der Waals surface area contributed by atoms with Crippen molar-refractivity contribution in [3.63, 3.8) is 0 Å². The van der Waals surface area contributed by atoms with Crippen molar-refractivity contribution in [1.29, 1.82) is 0 Å². The lowest BCUT2D eigenvalue weighted by Gasteiger charge is -2.33. The van der Waals surface area contributed by atoms with E-state index in [0.29, 0.717) is 19.3 Å². The molecule has 0 aliphatic carbocycles. The van der Waals surface area contributed by atoms with Crippen molar-refractivity contribution in [3.8, 4) is 12.3 Å². The number of hydrogen-bond donors (Lipinski definition) is 0. The van der Waals surface area contributed by atoms with Crippen molar-refractivity contribution in [2.75, 3.05) is 33.7 Å². The molecule has 0 atom stereocenters. The first kappa shape index (κ1) is 16.0. The zero-order valence-corrected chi connectivity index (χ0v) is 13.2. The second-order valence-corrected chi connectivity index (χ2v) is 6.47. The minimum Gasteiger partial charge on any atom is -0.343 e. The average molecular weight is 290 g/mol. The van der Waals surface area contributed by atoms with Gasteiger partial charge in [0.25, 0.3) is 0 Å². The predicted molar refractivity (Wildman–Crippen MR) is 82.7 cm³/mol. The van der Waals surface area contributed by atoms with Crippen LogP contribution in [0.4, 0.5) is 0 Å². The van der Waals surface area contributed by atoms with Gasteiger partial charge in [-0.3, -0.25) is 4.79 Å². The first-order chi connectivity index (χ1) is 10.0. The fourth-order valence-corrected chi connectivity index (χ4v) is 3.01. The molecule has 0 aromatic heterocycles. The van der Waals surface area contributed by atoms with E-state index in [-0.39, 0.29) is 11.6 Å². The van der Waals surface area contributed by atoms with Gasteiger partial charge in [0.05, 0.1) is 0 Å². The first-order valence-corrected chi connectivity index (χ1v) is 7.85. The first-order valence-electron chi connectivity index (χ1n) is 7.85. The van der Waals surface area contributed by atoms with Crippen LogP contribution in [0.15, 0.2) is 10.2 Å². The molecule has 1 fully saturated rings. The number of amides is 1. The van der Waals surface area contributed by atoms with Crippen LogP contribution in [0.2, 0.25) is 0 Å². The van der Waals surface area contributed by atoms with Crippen LogP contribution in [-0.2, 0) is 4.79 Å². The Bertz CT molecular complexity index is 424. The molecule has 2 rings (SSSR count). The number of nitrogens with zero attached hydrogens (tertiary/aromatic N) is 4. The molecule has 0 bridgehead atoms. The number of hydrogen-bond acceptors (Lipinski definition) is 4. The predicted octanol–water partition coefficient (Wildman–Crippen LogP) is 2.14. The van der Waals surface area contributed by atoms with Gasteiger partial charge >= 0.3 is 0 Å². The molecule has 5 heteroatoms. The van der Waals surface area contributed by atoms with E-state index in [4.69, 9.17) is 6.42 Å². The largest absolute Gasteiger partial charge is 0.343 e. The molecular weight excluding hydrogens is 264 g/mol. The molecule has 2 aliphatic heterocycles. The van der Waals surface area contributed by atoms with Crippen molar-refractivity contribution in [2.45, 2.75) is 44.2 Å². The van der Waals surface area contributed by atoms with Crippen LogP contribution >= 0.6 is 0 Å². The lowest BCUT2D eigenvalue weighted by atomic mass is 9.95. The van der Waals surface area contributed by atoms with Gasteiger partial charge in [0.2, 0.25) is 5.91 Å². The van der Waals surface area contributed by atoms with Gasteiger partial charge in [-0.15, -0.1) is 12.3 Å². The molecule has 0 aromatic carbocycles. The van der Waals surface area contributed by atoms with E-state index in [0.717, 1.165) is 44.8 Å². The maximum absolute atomic E-state index is 12.3. The quantitative estimate of drug-likeness (QED) is 0.674. The number of rotatable bonds is 7. The molecule has 116 valence electrons. The Morgan fingerprint density at radius 3 is 2.52 bits per heavy atom. The minimum absolute atomic E-state index is 0.246. The van der Waals surface area contributed by atoms with Gasteiger partial charge in [0.15, 0.2) is 5.66 Å². The Labute approximate surface area is 127 Å². The van der Waals surface area contributed by atoms with E-state index in [2.05, 4.69) is 35.1 Å². The molecule has 2 heterocycles. The number of carbonyl (C=O) groups is 1. The molecule has 0 aromatic rings. The Morgan fingerprint density at radius 2 is 2.00 bits per heavy atom. The lowest BCUT2D eigenvalue weighted by Crippen LogP contribution is -2.40. The summed E-state index contributed by atoms with van der Waals surface area (Å²) in [6, 6.07) is 0. The molecule has 1 amide bonds. The molecule has 1 saturated heterocycles. The van der Waals surface area contributed by atoms with Gasteiger partial charge < -0.3 is 9.80 Å². The van der Waals surface area contributed by atoms with Crippen molar-refractivity contribution < 1.29 is 4.79 Å². The van der Waals surface area contributed by atoms with Crippen LogP contribution in [0.3, 0.4) is 0 Å². The molecule has 2 aliphatic rings. The van der Waals surface area contributed by atoms with Crippen LogP contribution in [0.25, 0.3) is 0 Å². The van der Waals surface area contributed by atoms with E-state index in [1.807, 2.05) is 4.90 Å².